The summed E-state index contributed by atoms with van der Waals surface area (Å²) in [5.74, 6) is 0.221. The molecule has 0 saturated carbocycles. The fraction of sp³-hybridized carbons (Fsp3) is 0.143. The van der Waals surface area contributed by atoms with Gasteiger partial charge in [-0.1, -0.05) is 6.07 Å². The molecule has 0 aliphatic heterocycles. The van der Waals surface area contributed by atoms with Crippen LogP contribution < -0.4 is 9.47 Å². The molecule has 0 aliphatic rings. The van der Waals surface area contributed by atoms with Crippen LogP contribution in [0.15, 0.2) is 36.4 Å². The number of halogens is 1. The number of phenolic OH excluding ortho intramolecular Hbond substituents is 1. The SMILES string of the molecule is COc1cc(OC)cc(-c2ccc(O)c(F)c2)c1. The van der Waals surface area contributed by atoms with Crippen LogP contribution in [0.2, 0.25) is 0 Å². The van der Waals surface area contributed by atoms with Gasteiger partial charge in [0.15, 0.2) is 11.6 Å². The zero-order chi connectivity index (χ0) is 13.1. The molecule has 2 aromatic rings. The van der Waals surface area contributed by atoms with Crippen molar-refractivity contribution >= 4 is 0 Å². The Morgan fingerprint density at radius 3 is 2.00 bits per heavy atom. The van der Waals surface area contributed by atoms with Gasteiger partial charge >= 0.3 is 0 Å². The van der Waals surface area contributed by atoms with Crippen molar-refractivity contribution in [2.75, 3.05) is 14.2 Å². The predicted molar refractivity (Wildman–Crippen MR) is 66.6 cm³/mol. The predicted octanol–water partition coefficient (Wildman–Crippen LogP) is 3.22. The Hall–Kier alpha value is -2.23. The van der Waals surface area contributed by atoms with Crippen molar-refractivity contribution in [2.45, 2.75) is 0 Å². The first kappa shape index (κ1) is 12.2. The lowest BCUT2D eigenvalue weighted by Gasteiger charge is -2.09. The van der Waals surface area contributed by atoms with Crippen LogP contribution in [0.25, 0.3) is 11.1 Å². The fourth-order valence-electron chi connectivity index (χ4n) is 1.66. The van der Waals surface area contributed by atoms with Crippen LogP contribution in [0.4, 0.5) is 4.39 Å². The summed E-state index contributed by atoms with van der Waals surface area (Å²) in [5.41, 5.74) is 1.40. The molecule has 0 aromatic heterocycles. The molecule has 18 heavy (non-hydrogen) atoms. The number of ether oxygens (including phenoxy) is 2. The molecule has 0 bridgehead atoms. The van der Waals surface area contributed by atoms with Crippen molar-refractivity contribution in [3.05, 3.63) is 42.2 Å². The minimum atomic E-state index is -0.658. The molecule has 1 N–H and O–H groups in total. The van der Waals surface area contributed by atoms with Crippen LogP contribution >= 0.6 is 0 Å². The fourth-order valence-corrected chi connectivity index (χ4v) is 1.66. The van der Waals surface area contributed by atoms with E-state index < -0.39 is 5.82 Å². The third-order valence-corrected chi connectivity index (χ3v) is 2.63. The summed E-state index contributed by atoms with van der Waals surface area (Å²) in [6.45, 7) is 0. The first-order valence-corrected chi connectivity index (χ1v) is 5.36. The van der Waals surface area contributed by atoms with E-state index >= 15 is 0 Å². The van der Waals surface area contributed by atoms with Crippen molar-refractivity contribution < 1.29 is 19.0 Å². The summed E-state index contributed by atoms with van der Waals surface area (Å²) in [5, 5.41) is 9.17. The van der Waals surface area contributed by atoms with Crippen LogP contribution in [0, 0.1) is 5.82 Å². The number of aromatic hydroxyl groups is 1. The van der Waals surface area contributed by atoms with Gasteiger partial charge in [0.2, 0.25) is 0 Å². The van der Waals surface area contributed by atoms with E-state index in [2.05, 4.69) is 0 Å². The number of benzene rings is 2. The Labute approximate surface area is 104 Å². The molecule has 0 heterocycles. The van der Waals surface area contributed by atoms with Gasteiger partial charge < -0.3 is 14.6 Å². The van der Waals surface area contributed by atoms with Crippen LogP contribution in [-0.4, -0.2) is 19.3 Å². The van der Waals surface area contributed by atoms with Crippen LogP contribution in [0.1, 0.15) is 0 Å². The highest BCUT2D eigenvalue weighted by atomic mass is 19.1. The highest BCUT2D eigenvalue weighted by molar-refractivity contribution is 5.68. The third-order valence-electron chi connectivity index (χ3n) is 2.63. The Balaban J connectivity index is 2.51. The second-order valence-electron chi connectivity index (χ2n) is 3.77. The second-order valence-corrected chi connectivity index (χ2v) is 3.77. The zero-order valence-corrected chi connectivity index (χ0v) is 10.1. The molecule has 0 unspecified atom stereocenters. The van der Waals surface area contributed by atoms with Crippen molar-refractivity contribution in [1.29, 1.82) is 0 Å². The van der Waals surface area contributed by atoms with Crippen LogP contribution in [-0.2, 0) is 0 Å². The van der Waals surface area contributed by atoms with E-state index in [-0.39, 0.29) is 5.75 Å². The van der Waals surface area contributed by atoms with Gasteiger partial charge in [-0.2, -0.15) is 0 Å². The van der Waals surface area contributed by atoms with Gasteiger partial charge in [0.05, 0.1) is 14.2 Å². The summed E-state index contributed by atoms with van der Waals surface area (Å²) in [6.07, 6.45) is 0. The smallest absolute Gasteiger partial charge is 0.165 e. The summed E-state index contributed by atoms with van der Waals surface area (Å²) in [4.78, 5) is 0. The average molecular weight is 248 g/mol. The van der Waals surface area contributed by atoms with Gasteiger partial charge in [0, 0.05) is 6.07 Å². The van der Waals surface area contributed by atoms with Crippen molar-refractivity contribution in [2.24, 2.45) is 0 Å². The number of phenols is 1. The maximum atomic E-state index is 13.3. The molecule has 3 nitrogen and oxygen atoms in total. The standard InChI is InChI=1S/C14H13FO3/c1-17-11-5-10(6-12(8-11)18-2)9-3-4-14(16)13(15)7-9/h3-8,16H,1-2H3. The molecule has 0 radical (unpaired) electrons. The highest BCUT2D eigenvalue weighted by Gasteiger charge is 2.07. The van der Waals surface area contributed by atoms with E-state index in [4.69, 9.17) is 14.6 Å². The Kier molecular flexibility index (Phi) is 3.37. The van der Waals surface area contributed by atoms with Gasteiger partial charge in [-0.05, 0) is 35.4 Å². The lowest BCUT2D eigenvalue weighted by atomic mass is 10.0. The zero-order valence-electron chi connectivity index (χ0n) is 10.1. The highest BCUT2D eigenvalue weighted by Crippen LogP contribution is 2.31. The molecule has 0 fully saturated rings. The van der Waals surface area contributed by atoms with Crippen LogP contribution in [0.5, 0.6) is 17.2 Å². The molecule has 2 rings (SSSR count). The first-order valence-electron chi connectivity index (χ1n) is 5.36. The second kappa shape index (κ2) is 4.96. The molecule has 0 atom stereocenters. The van der Waals surface area contributed by atoms with E-state index in [1.807, 2.05) is 0 Å². The monoisotopic (exact) mass is 248 g/mol. The summed E-state index contributed by atoms with van der Waals surface area (Å²) < 4.78 is 23.6. The van der Waals surface area contributed by atoms with Crippen molar-refractivity contribution in [3.63, 3.8) is 0 Å². The molecular formula is C14H13FO3. The molecule has 0 aliphatic carbocycles. The Morgan fingerprint density at radius 1 is 0.889 bits per heavy atom. The normalized spacial score (nSPS) is 10.2. The quantitative estimate of drug-likeness (QED) is 0.906. The van der Waals surface area contributed by atoms with Gasteiger partial charge in [-0.15, -0.1) is 0 Å². The Bertz CT molecular complexity index is 545. The lowest BCUT2D eigenvalue weighted by Crippen LogP contribution is -1.89. The van der Waals surface area contributed by atoms with Crippen LogP contribution in [0.3, 0.4) is 0 Å². The van der Waals surface area contributed by atoms with E-state index in [0.29, 0.717) is 17.1 Å². The molecule has 4 heteroatoms. The summed E-state index contributed by atoms with van der Waals surface area (Å²) in [6, 6.07) is 9.50. The molecule has 0 amide bonds. The van der Waals surface area contributed by atoms with Gasteiger partial charge in [0.1, 0.15) is 11.5 Å². The van der Waals surface area contributed by atoms with E-state index in [0.717, 1.165) is 5.56 Å². The maximum absolute atomic E-state index is 13.3. The minimum Gasteiger partial charge on any atom is -0.505 e. The summed E-state index contributed by atoms with van der Waals surface area (Å²) in [7, 11) is 3.10. The largest absolute Gasteiger partial charge is 0.505 e. The van der Waals surface area contributed by atoms with E-state index in [1.165, 1.54) is 12.1 Å². The number of rotatable bonds is 3. The molecule has 0 spiro atoms. The first-order chi connectivity index (χ1) is 8.63. The van der Waals surface area contributed by atoms with Gasteiger partial charge in [-0.25, -0.2) is 4.39 Å². The lowest BCUT2D eigenvalue weighted by molar-refractivity contribution is 0.394. The summed E-state index contributed by atoms with van der Waals surface area (Å²) >= 11 is 0. The minimum absolute atomic E-state index is 0.367. The molecular weight excluding hydrogens is 235 g/mol. The molecule has 2 aromatic carbocycles. The average Bonchev–Trinajstić information content (AvgIpc) is 2.41. The number of methoxy groups -OCH3 is 2. The molecule has 0 saturated heterocycles. The Morgan fingerprint density at radius 2 is 1.50 bits per heavy atom. The number of hydrogen-bond acceptors (Lipinski definition) is 3. The molecule has 94 valence electrons. The van der Waals surface area contributed by atoms with Gasteiger partial charge in [-0.3, -0.25) is 0 Å². The van der Waals surface area contributed by atoms with E-state index in [9.17, 15) is 4.39 Å². The topological polar surface area (TPSA) is 38.7 Å². The van der Waals surface area contributed by atoms with Crippen molar-refractivity contribution in [1.82, 2.24) is 0 Å². The number of hydrogen-bond donors (Lipinski definition) is 1. The van der Waals surface area contributed by atoms with Crippen molar-refractivity contribution in [3.8, 4) is 28.4 Å². The van der Waals surface area contributed by atoms with Gasteiger partial charge in [0.25, 0.3) is 0 Å². The maximum Gasteiger partial charge on any atom is 0.165 e. The third kappa shape index (κ3) is 2.37. The van der Waals surface area contributed by atoms with E-state index in [1.54, 1.807) is 38.5 Å².